The predicted octanol–water partition coefficient (Wildman–Crippen LogP) is 1.21. The van der Waals surface area contributed by atoms with Gasteiger partial charge in [-0.3, -0.25) is 10.6 Å². The van der Waals surface area contributed by atoms with Gasteiger partial charge in [0.15, 0.2) is 0 Å². The molecule has 27 heavy (non-hydrogen) atoms. The maximum atomic E-state index is 12.5. The lowest BCUT2D eigenvalue weighted by Gasteiger charge is -2.43. The van der Waals surface area contributed by atoms with Crippen molar-refractivity contribution in [2.24, 2.45) is 17.6 Å². The van der Waals surface area contributed by atoms with E-state index in [4.69, 9.17) is 28.9 Å². The molecule has 3 fully saturated rings. The quantitative estimate of drug-likeness (QED) is 0.375. The Kier molecular flexibility index (Phi) is 7.88. The Morgan fingerprint density at radius 2 is 1.78 bits per heavy atom. The molecule has 0 aromatic heterocycles. The Bertz CT molecular complexity index is 498. The van der Waals surface area contributed by atoms with E-state index in [1.807, 2.05) is 0 Å². The van der Waals surface area contributed by atoms with E-state index in [0.717, 1.165) is 45.1 Å². The normalized spacial score (nSPS) is 42.2. The first kappa shape index (κ1) is 21.4. The molecule has 3 aliphatic rings. The molecule has 0 bridgehead atoms. The Hall–Kier alpha value is -0.310. The summed E-state index contributed by atoms with van der Waals surface area (Å²) in [7, 11) is 0. The number of carbonyl (C=O) groups excluding carboxylic acids is 1. The van der Waals surface area contributed by atoms with Crippen molar-refractivity contribution < 1.29 is 4.79 Å². The van der Waals surface area contributed by atoms with Crippen LogP contribution in [-0.4, -0.2) is 54.4 Å². The monoisotopic (exact) mass is 420 g/mol. The number of rotatable bonds is 5. The van der Waals surface area contributed by atoms with E-state index in [9.17, 15) is 4.79 Å². The highest BCUT2D eigenvalue weighted by molar-refractivity contribution is 6.30. The second-order valence-corrected chi connectivity index (χ2v) is 9.47. The lowest BCUT2D eigenvalue weighted by atomic mass is 9.69. The van der Waals surface area contributed by atoms with Crippen molar-refractivity contribution in [1.82, 2.24) is 26.6 Å². The molecule has 7 N–H and O–H groups in total. The molecule has 1 aliphatic heterocycles. The van der Waals surface area contributed by atoms with Crippen LogP contribution < -0.4 is 32.3 Å². The first-order valence-electron chi connectivity index (χ1n) is 10.2. The van der Waals surface area contributed by atoms with E-state index >= 15 is 0 Å². The average Bonchev–Trinajstić information content (AvgIpc) is 2.60. The SMILES string of the molecule is CC1CC(NCCN)NC(NC(=O)NC2CCC3CC(Cl)C(Cl)CC3C2)N1. The van der Waals surface area contributed by atoms with Gasteiger partial charge in [0.05, 0.1) is 16.9 Å². The second kappa shape index (κ2) is 9.94. The topological polar surface area (TPSA) is 103 Å². The van der Waals surface area contributed by atoms with Crippen LogP contribution in [0.3, 0.4) is 0 Å². The zero-order chi connectivity index (χ0) is 19.4. The van der Waals surface area contributed by atoms with Crippen molar-refractivity contribution in [2.45, 2.75) is 80.7 Å². The molecule has 0 aromatic carbocycles. The van der Waals surface area contributed by atoms with Crippen molar-refractivity contribution in [3.05, 3.63) is 0 Å². The third-order valence-corrected chi connectivity index (χ3v) is 7.24. The van der Waals surface area contributed by atoms with Gasteiger partial charge in [-0.1, -0.05) is 0 Å². The number of fused-ring (bicyclic) bond motifs is 1. The molecule has 156 valence electrons. The van der Waals surface area contributed by atoms with Gasteiger partial charge in [-0.25, -0.2) is 4.79 Å². The summed E-state index contributed by atoms with van der Waals surface area (Å²) in [6.45, 7) is 3.45. The van der Waals surface area contributed by atoms with Gasteiger partial charge in [-0.15, -0.1) is 23.2 Å². The Morgan fingerprint density at radius 1 is 1.04 bits per heavy atom. The Balaban J connectivity index is 1.44. The van der Waals surface area contributed by atoms with E-state index in [2.05, 4.69) is 33.5 Å². The van der Waals surface area contributed by atoms with Gasteiger partial charge in [0.1, 0.15) is 6.29 Å². The first-order valence-corrected chi connectivity index (χ1v) is 11.1. The van der Waals surface area contributed by atoms with Gasteiger partial charge >= 0.3 is 6.03 Å². The minimum atomic E-state index is -0.265. The van der Waals surface area contributed by atoms with Crippen LogP contribution >= 0.6 is 23.2 Å². The molecule has 0 spiro atoms. The molecule has 8 atom stereocenters. The fourth-order valence-corrected chi connectivity index (χ4v) is 5.46. The summed E-state index contributed by atoms with van der Waals surface area (Å²) in [4.78, 5) is 12.5. The number of nitrogens with two attached hydrogens (primary N) is 1. The van der Waals surface area contributed by atoms with Gasteiger partial charge in [0.2, 0.25) is 0 Å². The number of urea groups is 1. The van der Waals surface area contributed by atoms with Crippen LogP contribution in [-0.2, 0) is 0 Å². The summed E-state index contributed by atoms with van der Waals surface area (Å²) >= 11 is 12.7. The van der Waals surface area contributed by atoms with Gasteiger partial charge in [-0.05, 0) is 57.3 Å². The summed E-state index contributed by atoms with van der Waals surface area (Å²) in [6, 6.07) is 0.367. The van der Waals surface area contributed by atoms with Crippen molar-refractivity contribution in [3.63, 3.8) is 0 Å². The van der Waals surface area contributed by atoms with Crippen molar-refractivity contribution in [3.8, 4) is 0 Å². The van der Waals surface area contributed by atoms with Crippen LogP contribution in [0.2, 0.25) is 0 Å². The van der Waals surface area contributed by atoms with Crippen molar-refractivity contribution in [1.29, 1.82) is 0 Å². The van der Waals surface area contributed by atoms with Crippen LogP contribution in [0, 0.1) is 11.8 Å². The summed E-state index contributed by atoms with van der Waals surface area (Å²) in [6.07, 6.45) is 5.89. The van der Waals surface area contributed by atoms with E-state index in [0.29, 0.717) is 24.4 Å². The molecule has 9 heteroatoms. The van der Waals surface area contributed by atoms with Crippen LogP contribution in [0.4, 0.5) is 4.79 Å². The minimum absolute atomic E-state index is 0.0515. The van der Waals surface area contributed by atoms with Crippen molar-refractivity contribution in [2.75, 3.05) is 13.1 Å². The van der Waals surface area contributed by atoms with Crippen LogP contribution in [0.1, 0.15) is 45.4 Å². The second-order valence-electron chi connectivity index (χ2n) is 8.35. The molecule has 0 radical (unpaired) electrons. The summed E-state index contributed by atoms with van der Waals surface area (Å²) < 4.78 is 0. The summed E-state index contributed by atoms with van der Waals surface area (Å²) in [5, 5.41) is 16.4. The number of hydrogen-bond acceptors (Lipinski definition) is 5. The molecule has 2 saturated carbocycles. The molecule has 1 saturated heterocycles. The number of nitrogens with one attached hydrogen (secondary N) is 5. The lowest BCUT2D eigenvalue weighted by molar-refractivity contribution is 0.145. The zero-order valence-electron chi connectivity index (χ0n) is 16.0. The Labute approximate surface area is 172 Å². The number of alkyl halides is 2. The van der Waals surface area contributed by atoms with Gasteiger partial charge in [-0.2, -0.15) is 0 Å². The van der Waals surface area contributed by atoms with Gasteiger partial charge in [0, 0.05) is 25.2 Å². The predicted molar refractivity (Wildman–Crippen MR) is 110 cm³/mol. The van der Waals surface area contributed by atoms with E-state index in [1.165, 1.54) is 0 Å². The Morgan fingerprint density at radius 3 is 2.52 bits per heavy atom. The molecule has 7 nitrogen and oxygen atoms in total. The molecular weight excluding hydrogens is 387 g/mol. The average molecular weight is 421 g/mol. The summed E-state index contributed by atoms with van der Waals surface area (Å²) in [5.74, 6) is 1.22. The molecule has 1 heterocycles. The van der Waals surface area contributed by atoms with Gasteiger partial charge < -0.3 is 21.7 Å². The van der Waals surface area contributed by atoms with Gasteiger partial charge in [0.25, 0.3) is 0 Å². The highest BCUT2D eigenvalue weighted by atomic mass is 35.5. The highest BCUT2D eigenvalue weighted by Gasteiger charge is 2.39. The van der Waals surface area contributed by atoms with E-state index in [-0.39, 0.29) is 35.3 Å². The molecular formula is C18H34Cl2N6O. The minimum Gasteiger partial charge on any atom is -0.335 e. The first-order chi connectivity index (χ1) is 12.9. The molecule has 3 rings (SSSR count). The number of carbonyl (C=O) groups is 1. The maximum Gasteiger partial charge on any atom is 0.317 e. The van der Waals surface area contributed by atoms with Crippen LogP contribution in [0.5, 0.6) is 0 Å². The summed E-state index contributed by atoms with van der Waals surface area (Å²) in [5.41, 5.74) is 5.56. The zero-order valence-corrected chi connectivity index (χ0v) is 17.5. The third-order valence-electron chi connectivity index (χ3n) is 6.14. The maximum absolute atomic E-state index is 12.5. The number of halogens is 2. The van der Waals surface area contributed by atoms with E-state index < -0.39 is 0 Å². The lowest BCUT2D eigenvalue weighted by Crippen LogP contribution is -2.68. The largest absolute Gasteiger partial charge is 0.335 e. The fraction of sp³-hybridized carbons (Fsp3) is 0.944. The van der Waals surface area contributed by atoms with Crippen LogP contribution in [0.25, 0.3) is 0 Å². The van der Waals surface area contributed by atoms with Crippen molar-refractivity contribution >= 4 is 29.2 Å². The molecule has 2 aliphatic carbocycles. The van der Waals surface area contributed by atoms with Crippen LogP contribution in [0.15, 0.2) is 0 Å². The standard InChI is InChI=1S/C18H34Cl2N6O/c1-10-6-16(22-5-4-21)25-17(23-10)26-18(27)24-13-3-2-11-8-14(19)15(20)9-12(11)7-13/h10-17,22-23,25H,2-9,21H2,1H3,(H2,24,26,27). The number of hydrogen-bond donors (Lipinski definition) is 6. The highest BCUT2D eigenvalue weighted by Crippen LogP contribution is 2.43. The van der Waals surface area contributed by atoms with E-state index in [1.54, 1.807) is 0 Å². The smallest absolute Gasteiger partial charge is 0.317 e. The molecule has 0 aromatic rings. The molecule has 2 amide bonds. The fourth-order valence-electron chi connectivity index (χ4n) is 4.80. The third kappa shape index (κ3) is 6.08. The molecule has 8 unspecified atom stereocenters. The number of amides is 2.